The summed E-state index contributed by atoms with van der Waals surface area (Å²) in [6, 6.07) is 0. The van der Waals surface area contributed by atoms with Crippen LogP contribution in [0.3, 0.4) is 0 Å². The lowest BCUT2D eigenvalue weighted by atomic mass is 9.53. The van der Waals surface area contributed by atoms with Crippen LogP contribution in [0.4, 0.5) is 0 Å². The minimum atomic E-state index is -1.65. The van der Waals surface area contributed by atoms with Crippen molar-refractivity contribution in [2.75, 3.05) is 32.8 Å². The van der Waals surface area contributed by atoms with Crippen molar-refractivity contribution in [3.63, 3.8) is 0 Å². The fraction of sp³-hybridized carbons (Fsp3) is 0.947. The first-order chi connectivity index (χ1) is 12.5. The monoisotopic (exact) mass is 386 g/mol. The van der Waals surface area contributed by atoms with Crippen LogP contribution in [0.1, 0.15) is 27.7 Å². The number of hydrogen-bond acceptors (Lipinski definition) is 8. The van der Waals surface area contributed by atoms with E-state index in [1.54, 1.807) is 0 Å². The third-order valence-electron chi connectivity index (χ3n) is 7.39. The maximum absolute atomic E-state index is 13.5. The van der Waals surface area contributed by atoms with Gasteiger partial charge < -0.3 is 25.5 Å². The molecule has 0 radical (unpaired) electrons. The van der Waals surface area contributed by atoms with E-state index >= 15 is 0 Å². The second-order valence-electron chi connectivity index (χ2n) is 9.40. The largest absolute Gasteiger partial charge is 0.394 e. The lowest BCUT2D eigenvalue weighted by Crippen LogP contribution is -2.83. The van der Waals surface area contributed by atoms with Crippen molar-refractivity contribution < 1.29 is 30.3 Å². The number of hydrogen-bond donors (Lipinski definition) is 5. The minimum Gasteiger partial charge on any atom is -0.394 e. The molecular formula is C19H34N2O6. The Kier molecular flexibility index (Phi) is 5.49. The molecule has 4 saturated heterocycles. The van der Waals surface area contributed by atoms with Crippen LogP contribution in [0.2, 0.25) is 0 Å². The zero-order valence-corrected chi connectivity index (χ0v) is 16.6. The maximum atomic E-state index is 13.5. The molecule has 4 atom stereocenters. The van der Waals surface area contributed by atoms with Crippen LogP contribution in [-0.4, -0.2) is 104 Å². The highest BCUT2D eigenvalue weighted by Gasteiger charge is 2.68. The smallest absolute Gasteiger partial charge is 0.150 e. The first-order valence-corrected chi connectivity index (χ1v) is 9.88. The molecule has 0 aromatic rings. The number of aliphatic hydroxyl groups excluding tert-OH is 5. The van der Waals surface area contributed by atoms with Crippen LogP contribution in [0, 0.1) is 22.7 Å². The zero-order chi connectivity index (χ0) is 20.3. The van der Waals surface area contributed by atoms with E-state index in [1.165, 1.54) is 0 Å². The Morgan fingerprint density at radius 2 is 1.30 bits per heavy atom. The van der Waals surface area contributed by atoms with Crippen molar-refractivity contribution in [3.05, 3.63) is 0 Å². The number of carbonyl (C=O) groups excluding carboxylic acids is 1. The molecule has 4 aliphatic heterocycles. The number of aliphatic hydroxyl groups is 5. The second kappa shape index (κ2) is 7.02. The predicted octanol–water partition coefficient (Wildman–Crippen LogP) is -1.75. The Hall–Kier alpha value is -0.610. The van der Waals surface area contributed by atoms with Gasteiger partial charge in [0.25, 0.3) is 0 Å². The number of nitrogens with zero attached hydrogens (tertiary/aromatic N) is 2. The van der Waals surface area contributed by atoms with E-state index in [2.05, 4.69) is 37.5 Å². The quantitative estimate of drug-likeness (QED) is 0.349. The van der Waals surface area contributed by atoms with Gasteiger partial charge in [0.15, 0.2) is 5.78 Å². The van der Waals surface area contributed by atoms with Gasteiger partial charge in [-0.15, -0.1) is 0 Å². The topological polar surface area (TPSA) is 125 Å². The fourth-order valence-corrected chi connectivity index (χ4v) is 5.45. The normalized spacial score (nSPS) is 42.6. The Bertz CT molecular complexity index is 537. The van der Waals surface area contributed by atoms with Crippen LogP contribution >= 0.6 is 0 Å². The van der Waals surface area contributed by atoms with Gasteiger partial charge in [-0.2, -0.15) is 0 Å². The Labute approximate surface area is 160 Å². The maximum Gasteiger partial charge on any atom is 0.150 e. The molecule has 0 aromatic carbocycles. The molecule has 156 valence electrons. The molecule has 4 rings (SSSR count). The number of carbonyl (C=O) groups is 1. The Morgan fingerprint density at radius 3 is 1.63 bits per heavy atom. The van der Waals surface area contributed by atoms with Crippen LogP contribution in [0.5, 0.6) is 0 Å². The Morgan fingerprint density at radius 1 is 0.889 bits per heavy atom. The molecule has 4 fully saturated rings. The van der Waals surface area contributed by atoms with Crippen LogP contribution in [0.25, 0.3) is 0 Å². The number of Topliss-reactive ketones (excluding diaryl/α,β-unsaturated/α-hetero) is 1. The van der Waals surface area contributed by atoms with Crippen molar-refractivity contribution in [1.82, 2.24) is 9.80 Å². The molecule has 4 bridgehead atoms. The van der Waals surface area contributed by atoms with E-state index in [0.717, 1.165) is 0 Å². The SMILES string of the molecule is CC(C)C12CN3CC(C(C)C)(CN(C1)C3C(O)C(O)C(O)C(O)CO)C2=O. The molecule has 0 aliphatic carbocycles. The van der Waals surface area contributed by atoms with E-state index in [-0.39, 0.29) is 11.8 Å². The highest BCUT2D eigenvalue weighted by atomic mass is 16.4. The van der Waals surface area contributed by atoms with E-state index in [1.807, 2.05) is 0 Å². The minimum absolute atomic E-state index is 0.151. The molecular weight excluding hydrogens is 352 g/mol. The van der Waals surface area contributed by atoms with E-state index < -0.39 is 48.0 Å². The van der Waals surface area contributed by atoms with Crippen molar-refractivity contribution in [2.24, 2.45) is 22.7 Å². The van der Waals surface area contributed by atoms with Crippen molar-refractivity contribution >= 4 is 5.78 Å². The summed E-state index contributed by atoms with van der Waals surface area (Å²) in [6.07, 6.45) is -6.64. The molecule has 4 unspecified atom stereocenters. The average molecular weight is 386 g/mol. The van der Waals surface area contributed by atoms with Gasteiger partial charge in [-0.25, -0.2) is 0 Å². The molecule has 0 spiro atoms. The summed E-state index contributed by atoms with van der Waals surface area (Å²) >= 11 is 0. The summed E-state index contributed by atoms with van der Waals surface area (Å²) < 4.78 is 0. The van der Waals surface area contributed by atoms with Gasteiger partial charge in [0.05, 0.1) is 23.6 Å². The summed E-state index contributed by atoms with van der Waals surface area (Å²) in [5.74, 6) is 0.619. The van der Waals surface area contributed by atoms with E-state index in [9.17, 15) is 25.2 Å². The third kappa shape index (κ3) is 2.88. The van der Waals surface area contributed by atoms with Gasteiger partial charge in [-0.1, -0.05) is 27.7 Å². The van der Waals surface area contributed by atoms with Crippen LogP contribution < -0.4 is 0 Å². The molecule has 8 nitrogen and oxygen atoms in total. The van der Waals surface area contributed by atoms with Gasteiger partial charge in [0.1, 0.15) is 24.4 Å². The molecule has 8 heteroatoms. The lowest BCUT2D eigenvalue weighted by Gasteiger charge is -2.69. The molecule has 0 aromatic heterocycles. The fourth-order valence-electron chi connectivity index (χ4n) is 5.45. The standard InChI is InChI=1S/C19H34N2O6/c1-10(2)18-6-20-8-19(11(3)4,17(18)27)9-21(7-18)16(20)15(26)14(25)13(24)12(23)5-22/h10-16,22-26H,5-9H2,1-4H3. The van der Waals surface area contributed by atoms with E-state index in [0.29, 0.717) is 32.0 Å². The molecule has 5 N–H and O–H groups in total. The molecule has 4 heterocycles. The number of ketones is 1. The van der Waals surface area contributed by atoms with E-state index in [4.69, 9.17) is 5.11 Å². The van der Waals surface area contributed by atoms with Crippen LogP contribution in [-0.2, 0) is 4.79 Å². The molecule has 27 heavy (non-hydrogen) atoms. The van der Waals surface area contributed by atoms with Crippen LogP contribution in [0.15, 0.2) is 0 Å². The Balaban J connectivity index is 1.91. The second-order valence-corrected chi connectivity index (χ2v) is 9.40. The summed E-state index contributed by atoms with van der Waals surface area (Å²) in [7, 11) is 0. The van der Waals surface area contributed by atoms with Gasteiger partial charge >= 0.3 is 0 Å². The van der Waals surface area contributed by atoms with Gasteiger partial charge in [0.2, 0.25) is 0 Å². The first-order valence-electron chi connectivity index (χ1n) is 9.88. The molecule has 0 amide bonds. The number of rotatable bonds is 7. The third-order valence-corrected chi connectivity index (χ3v) is 7.39. The van der Waals surface area contributed by atoms with Crippen molar-refractivity contribution in [2.45, 2.75) is 58.3 Å². The lowest BCUT2D eigenvalue weighted by molar-refractivity contribution is -0.244. The zero-order valence-electron chi connectivity index (χ0n) is 16.6. The number of piperidine rings is 2. The highest BCUT2D eigenvalue weighted by Crippen LogP contribution is 2.54. The van der Waals surface area contributed by atoms with Crippen molar-refractivity contribution in [1.29, 1.82) is 0 Å². The summed E-state index contributed by atoms with van der Waals surface area (Å²) in [5.41, 5.74) is -0.990. The van der Waals surface area contributed by atoms with Gasteiger partial charge in [-0.3, -0.25) is 14.6 Å². The summed E-state index contributed by atoms with van der Waals surface area (Å²) in [5, 5.41) is 49.8. The molecule has 4 aliphatic rings. The molecule has 0 saturated carbocycles. The van der Waals surface area contributed by atoms with Gasteiger partial charge in [0, 0.05) is 26.2 Å². The average Bonchev–Trinajstić information content (AvgIpc) is 2.62. The summed E-state index contributed by atoms with van der Waals surface area (Å²) in [6.45, 7) is 9.59. The van der Waals surface area contributed by atoms with Gasteiger partial charge in [-0.05, 0) is 11.8 Å². The summed E-state index contributed by atoms with van der Waals surface area (Å²) in [4.78, 5) is 17.6. The van der Waals surface area contributed by atoms with Crippen molar-refractivity contribution in [3.8, 4) is 0 Å². The highest BCUT2D eigenvalue weighted by molar-refractivity contribution is 5.94. The first kappa shape index (κ1) is 21.1. The predicted molar refractivity (Wildman–Crippen MR) is 97.6 cm³/mol.